The summed E-state index contributed by atoms with van der Waals surface area (Å²) in [5, 5.41) is 9.93. The van der Waals surface area contributed by atoms with Crippen LogP contribution in [-0.2, 0) is 0 Å². The lowest BCUT2D eigenvalue weighted by molar-refractivity contribution is 0.519. The lowest BCUT2D eigenvalue weighted by Gasteiger charge is -2.07. The summed E-state index contributed by atoms with van der Waals surface area (Å²) in [4.78, 5) is 0. The Hall–Kier alpha value is -0.120. The summed E-state index contributed by atoms with van der Waals surface area (Å²) in [6.07, 6.45) is 5.07. The van der Waals surface area contributed by atoms with Crippen LogP contribution in [0.15, 0.2) is 0 Å². The van der Waals surface area contributed by atoms with E-state index >= 15 is 0 Å². The molecular weight excluding hydrogens is 162 g/mol. The molecule has 0 rings (SSSR count). The van der Waals surface area contributed by atoms with E-state index in [1.807, 2.05) is 0 Å². The fraction of sp³-hybridized carbons (Fsp3) is 1.00. The number of unbranched alkanes of at least 4 members (excludes halogenated alkanes) is 2. The van der Waals surface area contributed by atoms with Gasteiger partial charge in [-0.2, -0.15) is 0 Å². The normalized spacial score (nSPS) is 10.6. The molecule has 0 aromatic heterocycles. The van der Waals surface area contributed by atoms with Crippen LogP contribution < -0.4 is 16.0 Å². The van der Waals surface area contributed by atoms with Crippen LogP contribution in [0.4, 0.5) is 0 Å². The zero-order valence-corrected chi connectivity index (χ0v) is 9.16. The third-order valence-corrected chi connectivity index (χ3v) is 1.91. The van der Waals surface area contributed by atoms with Crippen molar-refractivity contribution in [3.05, 3.63) is 0 Å². The predicted molar refractivity (Wildman–Crippen MR) is 58.7 cm³/mol. The first-order chi connectivity index (χ1) is 6.41. The van der Waals surface area contributed by atoms with Gasteiger partial charge in [0.25, 0.3) is 0 Å². The SMILES string of the molecule is CCCCNCNCNCCCC. The molecule has 3 nitrogen and oxygen atoms in total. The average Bonchev–Trinajstić information content (AvgIpc) is 2.16. The van der Waals surface area contributed by atoms with Crippen molar-refractivity contribution < 1.29 is 0 Å². The molecule has 3 N–H and O–H groups in total. The number of hydrogen-bond acceptors (Lipinski definition) is 3. The van der Waals surface area contributed by atoms with Crippen LogP contribution in [-0.4, -0.2) is 26.4 Å². The van der Waals surface area contributed by atoms with Gasteiger partial charge >= 0.3 is 0 Å². The molecule has 0 heterocycles. The second-order valence-electron chi connectivity index (χ2n) is 3.31. The van der Waals surface area contributed by atoms with Gasteiger partial charge in [-0.15, -0.1) is 0 Å². The highest BCUT2D eigenvalue weighted by Gasteiger charge is 1.86. The van der Waals surface area contributed by atoms with E-state index in [4.69, 9.17) is 0 Å². The maximum atomic E-state index is 3.33. The Kier molecular flexibility index (Phi) is 11.8. The monoisotopic (exact) mass is 187 g/mol. The lowest BCUT2D eigenvalue weighted by Crippen LogP contribution is -2.36. The van der Waals surface area contributed by atoms with E-state index in [1.54, 1.807) is 0 Å². The highest BCUT2D eigenvalue weighted by Crippen LogP contribution is 1.81. The van der Waals surface area contributed by atoms with Crippen molar-refractivity contribution in [3.63, 3.8) is 0 Å². The number of hydrogen-bond donors (Lipinski definition) is 3. The van der Waals surface area contributed by atoms with Gasteiger partial charge in [0.05, 0.1) is 0 Å². The highest BCUT2D eigenvalue weighted by molar-refractivity contribution is 4.47. The molecule has 0 saturated carbocycles. The van der Waals surface area contributed by atoms with Crippen LogP contribution >= 0.6 is 0 Å². The number of rotatable bonds is 10. The molecule has 0 radical (unpaired) electrons. The molecule has 0 aliphatic carbocycles. The molecule has 13 heavy (non-hydrogen) atoms. The molecule has 0 bridgehead atoms. The van der Waals surface area contributed by atoms with Crippen LogP contribution in [0.3, 0.4) is 0 Å². The van der Waals surface area contributed by atoms with E-state index in [1.165, 1.54) is 25.7 Å². The van der Waals surface area contributed by atoms with Gasteiger partial charge in [-0.3, -0.25) is 5.32 Å². The van der Waals surface area contributed by atoms with E-state index in [0.29, 0.717) is 0 Å². The molecule has 0 atom stereocenters. The van der Waals surface area contributed by atoms with E-state index in [-0.39, 0.29) is 0 Å². The van der Waals surface area contributed by atoms with E-state index < -0.39 is 0 Å². The maximum absolute atomic E-state index is 3.33. The Morgan fingerprint density at radius 3 is 1.54 bits per heavy atom. The first-order valence-electron chi connectivity index (χ1n) is 5.54. The van der Waals surface area contributed by atoms with Gasteiger partial charge in [-0.25, -0.2) is 0 Å². The van der Waals surface area contributed by atoms with Gasteiger partial charge in [0.15, 0.2) is 0 Å². The molecule has 0 unspecified atom stereocenters. The molecule has 0 aromatic carbocycles. The Labute approximate surface area is 82.7 Å². The summed E-state index contributed by atoms with van der Waals surface area (Å²) in [6.45, 7) is 8.50. The van der Waals surface area contributed by atoms with Gasteiger partial charge in [0.1, 0.15) is 0 Å². The zero-order chi connectivity index (χ0) is 9.78. The Morgan fingerprint density at radius 1 is 0.692 bits per heavy atom. The molecule has 0 amide bonds. The van der Waals surface area contributed by atoms with Crippen LogP contribution in [0.2, 0.25) is 0 Å². The van der Waals surface area contributed by atoms with Gasteiger partial charge < -0.3 is 10.6 Å². The number of nitrogens with one attached hydrogen (secondary N) is 3. The third-order valence-electron chi connectivity index (χ3n) is 1.91. The van der Waals surface area contributed by atoms with Crippen molar-refractivity contribution in [3.8, 4) is 0 Å². The Balaban J connectivity index is 2.76. The van der Waals surface area contributed by atoms with Gasteiger partial charge in [-0.1, -0.05) is 26.7 Å². The molecule has 0 aromatic rings. The Morgan fingerprint density at radius 2 is 1.15 bits per heavy atom. The fourth-order valence-corrected chi connectivity index (χ4v) is 1.02. The first-order valence-corrected chi connectivity index (χ1v) is 5.54. The van der Waals surface area contributed by atoms with Crippen molar-refractivity contribution in [1.29, 1.82) is 0 Å². The maximum Gasteiger partial charge on any atom is 0.0464 e. The molecule has 0 fully saturated rings. The summed E-state index contributed by atoms with van der Waals surface area (Å²) in [5.74, 6) is 0. The van der Waals surface area contributed by atoms with Crippen molar-refractivity contribution in [2.24, 2.45) is 0 Å². The van der Waals surface area contributed by atoms with Gasteiger partial charge in [0, 0.05) is 13.3 Å². The second kappa shape index (κ2) is 11.9. The minimum Gasteiger partial charge on any atom is -0.304 e. The third kappa shape index (κ3) is 11.9. The standard InChI is InChI=1S/C10H25N3/c1-3-5-7-11-9-13-10-12-8-6-4-2/h11-13H,3-10H2,1-2H3. The van der Waals surface area contributed by atoms with Gasteiger partial charge in [0.2, 0.25) is 0 Å². The molecule has 3 heteroatoms. The molecule has 0 saturated heterocycles. The summed E-state index contributed by atoms with van der Waals surface area (Å²) < 4.78 is 0. The van der Waals surface area contributed by atoms with E-state index in [0.717, 1.165) is 26.4 Å². The second-order valence-corrected chi connectivity index (χ2v) is 3.31. The van der Waals surface area contributed by atoms with Crippen LogP contribution in [0, 0.1) is 0 Å². The minimum absolute atomic E-state index is 0.916. The molecule has 80 valence electrons. The highest BCUT2D eigenvalue weighted by atomic mass is 15.1. The van der Waals surface area contributed by atoms with E-state index in [2.05, 4.69) is 29.8 Å². The quantitative estimate of drug-likeness (QED) is 0.356. The molecule has 0 aliphatic rings. The topological polar surface area (TPSA) is 36.1 Å². The summed E-state index contributed by atoms with van der Waals surface area (Å²) in [5.41, 5.74) is 0. The molecule has 0 aliphatic heterocycles. The van der Waals surface area contributed by atoms with Crippen LogP contribution in [0.25, 0.3) is 0 Å². The summed E-state index contributed by atoms with van der Waals surface area (Å²) in [7, 11) is 0. The zero-order valence-electron chi connectivity index (χ0n) is 9.16. The molecular formula is C10H25N3. The van der Waals surface area contributed by atoms with Crippen molar-refractivity contribution in [2.75, 3.05) is 26.4 Å². The molecule has 0 spiro atoms. The van der Waals surface area contributed by atoms with Crippen molar-refractivity contribution in [1.82, 2.24) is 16.0 Å². The minimum atomic E-state index is 0.916. The van der Waals surface area contributed by atoms with Gasteiger partial charge in [-0.05, 0) is 25.9 Å². The largest absolute Gasteiger partial charge is 0.304 e. The van der Waals surface area contributed by atoms with Crippen LogP contribution in [0.5, 0.6) is 0 Å². The summed E-state index contributed by atoms with van der Waals surface area (Å²) >= 11 is 0. The average molecular weight is 187 g/mol. The van der Waals surface area contributed by atoms with E-state index in [9.17, 15) is 0 Å². The fourth-order valence-electron chi connectivity index (χ4n) is 1.02. The van der Waals surface area contributed by atoms with Crippen LogP contribution in [0.1, 0.15) is 39.5 Å². The smallest absolute Gasteiger partial charge is 0.0464 e. The Bertz CT molecular complexity index is 76.2. The van der Waals surface area contributed by atoms with Crippen molar-refractivity contribution >= 4 is 0 Å². The predicted octanol–water partition coefficient (Wildman–Crippen LogP) is 1.27. The van der Waals surface area contributed by atoms with Crippen molar-refractivity contribution in [2.45, 2.75) is 39.5 Å². The first kappa shape index (κ1) is 12.9. The summed E-state index contributed by atoms with van der Waals surface area (Å²) in [6, 6.07) is 0. The lowest BCUT2D eigenvalue weighted by atomic mass is 10.3.